The normalized spacial score (nSPS) is 15.2. The summed E-state index contributed by atoms with van der Waals surface area (Å²) in [6.07, 6.45) is 2.05. The molecule has 0 radical (unpaired) electrons. The van der Waals surface area contributed by atoms with Crippen LogP contribution in [0.3, 0.4) is 0 Å². The van der Waals surface area contributed by atoms with Gasteiger partial charge < -0.3 is 35.4 Å². The molecule has 2 heterocycles. The van der Waals surface area contributed by atoms with Crippen molar-refractivity contribution >= 4 is 34.9 Å². The molecule has 1 aliphatic heterocycles. The Balaban J connectivity index is 1.28. The molecule has 0 saturated carbocycles. The molecule has 1 unspecified atom stereocenters. The second-order valence-electron chi connectivity index (χ2n) is 12.2. The Labute approximate surface area is 280 Å². The van der Waals surface area contributed by atoms with Crippen molar-refractivity contribution in [2.45, 2.75) is 38.8 Å². The van der Waals surface area contributed by atoms with E-state index in [-0.39, 0.29) is 17.9 Å². The van der Waals surface area contributed by atoms with Crippen LogP contribution in [0.2, 0.25) is 0 Å². The van der Waals surface area contributed by atoms with Crippen LogP contribution in [0.4, 0.5) is 5.69 Å². The van der Waals surface area contributed by atoms with Crippen LogP contribution in [0.25, 0.3) is 22.4 Å². The number of hydrogen-bond donors (Lipinski definition) is 2. The van der Waals surface area contributed by atoms with Crippen LogP contribution in [-0.4, -0.2) is 64.8 Å². The van der Waals surface area contributed by atoms with Gasteiger partial charge in [0.15, 0.2) is 5.96 Å². The summed E-state index contributed by atoms with van der Waals surface area (Å²) < 4.78 is 7.94. The van der Waals surface area contributed by atoms with E-state index in [2.05, 4.69) is 48.0 Å². The molecule has 0 spiro atoms. The first-order chi connectivity index (χ1) is 23.3. The maximum absolute atomic E-state index is 13.8. The van der Waals surface area contributed by atoms with E-state index in [1.54, 1.807) is 0 Å². The minimum atomic E-state index is -0.517. The molecule has 1 aliphatic rings. The van der Waals surface area contributed by atoms with Crippen LogP contribution in [0.5, 0.6) is 11.5 Å². The van der Waals surface area contributed by atoms with Gasteiger partial charge in [-0.2, -0.15) is 0 Å². The molecule has 10 nitrogen and oxygen atoms in total. The Hall–Kier alpha value is -5.64. The maximum atomic E-state index is 13.8. The number of aromatic nitrogens is 2. The molecule has 10 heteroatoms. The second-order valence-corrected chi connectivity index (χ2v) is 12.2. The molecule has 0 aliphatic carbocycles. The van der Waals surface area contributed by atoms with Gasteiger partial charge in [0.2, 0.25) is 0 Å². The number of hydrogen-bond acceptors (Lipinski definition) is 6. The lowest BCUT2D eigenvalue weighted by Crippen LogP contribution is -2.53. The smallest absolute Gasteiger partial charge is 0.254 e. The van der Waals surface area contributed by atoms with E-state index in [0.29, 0.717) is 55.1 Å². The highest BCUT2D eigenvalue weighted by atomic mass is 16.5. The summed E-state index contributed by atoms with van der Waals surface area (Å²) >= 11 is 0. The average Bonchev–Trinajstić information content (AvgIpc) is 3.47. The standard InChI is InChI=1S/C38H41N7O3/c1-26-8-6-9-30(22-26)44-21-20-43(24-27(44)2)37(47)29-15-18-35-34(23-29)42-36(45(35)31(25-46)10-7-19-41-38(39)40)28-13-16-33(17-14-28)48-32-11-4-3-5-12-32/h3-6,8-9,11-18,22-23,25,27,31H,7,10,19-21,24H2,1-2H3,(H4,39,40,41)/t27?,31-/m1/s1. The van der Waals surface area contributed by atoms with Crippen molar-refractivity contribution in [3.05, 3.63) is 108 Å². The first kappa shape index (κ1) is 32.3. The number of guanidine groups is 1. The van der Waals surface area contributed by atoms with Gasteiger partial charge in [0.25, 0.3) is 5.91 Å². The number of aldehydes is 1. The molecule has 246 valence electrons. The van der Waals surface area contributed by atoms with Gasteiger partial charge in [-0.05, 0) is 99.0 Å². The SMILES string of the molecule is Cc1cccc(N2CCN(C(=O)c3ccc4c(c3)nc(-c3ccc(Oc5ccccc5)cc3)n4[C@@H](C=O)CCCN=C(N)N)CC2C)c1. The number of fused-ring (bicyclic) bond motifs is 1. The van der Waals surface area contributed by atoms with Crippen molar-refractivity contribution in [3.8, 4) is 22.9 Å². The van der Waals surface area contributed by atoms with Gasteiger partial charge in [-0.15, -0.1) is 0 Å². The summed E-state index contributed by atoms with van der Waals surface area (Å²) in [4.78, 5) is 39.7. The average molecular weight is 644 g/mol. The van der Waals surface area contributed by atoms with E-state index in [9.17, 15) is 9.59 Å². The molecule has 0 bridgehead atoms. The number of aryl methyl sites for hydroxylation is 1. The second kappa shape index (κ2) is 14.4. The number of aliphatic imine (C=N–C) groups is 1. The zero-order valence-electron chi connectivity index (χ0n) is 27.3. The van der Waals surface area contributed by atoms with Crippen molar-refractivity contribution in [2.75, 3.05) is 31.1 Å². The number of rotatable bonds is 11. The van der Waals surface area contributed by atoms with Gasteiger partial charge in [-0.25, -0.2) is 4.98 Å². The number of nitrogens with two attached hydrogens (primary N) is 2. The van der Waals surface area contributed by atoms with Crippen LogP contribution in [-0.2, 0) is 4.79 Å². The third kappa shape index (κ3) is 7.17. The zero-order chi connectivity index (χ0) is 33.6. The summed E-state index contributed by atoms with van der Waals surface area (Å²) in [5, 5.41) is 0. The molecule has 1 saturated heterocycles. The van der Waals surface area contributed by atoms with E-state index in [1.165, 1.54) is 11.3 Å². The van der Waals surface area contributed by atoms with E-state index in [1.807, 2.05) is 82.3 Å². The number of benzene rings is 4. The highest BCUT2D eigenvalue weighted by Crippen LogP contribution is 2.33. The summed E-state index contributed by atoms with van der Waals surface area (Å²) in [6.45, 7) is 6.65. The largest absolute Gasteiger partial charge is 0.457 e. The van der Waals surface area contributed by atoms with Gasteiger partial charge in [0, 0.05) is 49.0 Å². The molecule has 1 aromatic heterocycles. The van der Waals surface area contributed by atoms with Gasteiger partial charge in [0.1, 0.15) is 23.6 Å². The van der Waals surface area contributed by atoms with Crippen LogP contribution < -0.4 is 21.1 Å². The molecule has 4 N–H and O–H groups in total. The fourth-order valence-corrected chi connectivity index (χ4v) is 6.35. The molecule has 5 aromatic rings. The van der Waals surface area contributed by atoms with Crippen LogP contribution in [0.15, 0.2) is 102 Å². The third-order valence-electron chi connectivity index (χ3n) is 8.72. The maximum Gasteiger partial charge on any atom is 0.254 e. The highest BCUT2D eigenvalue weighted by molar-refractivity contribution is 5.98. The predicted octanol–water partition coefficient (Wildman–Crippen LogP) is 5.95. The van der Waals surface area contributed by atoms with Crippen molar-refractivity contribution in [3.63, 3.8) is 0 Å². The fourth-order valence-electron chi connectivity index (χ4n) is 6.35. The highest BCUT2D eigenvalue weighted by Gasteiger charge is 2.28. The number of nitrogens with zero attached hydrogens (tertiary/aromatic N) is 5. The van der Waals surface area contributed by atoms with Gasteiger partial charge in [0.05, 0.1) is 17.1 Å². The molecular weight excluding hydrogens is 602 g/mol. The van der Waals surface area contributed by atoms with E-state index in [0.717, 1.165) is 29.7 Å². The first-order valence-electron chi connectivity index (χ1n) is 16.3. The predicted molar refractivity (Wildman–Crippen MR) is 191 cm³/mol. The zero-order valence-corrected chi connectivity index (χ0v) is 27.3. The van der Waals surface area contributed by atoms with Gasteiger partial charge >= 0.3 is 0 Å². The number of imidazole rings is 1. The number of carbonyl (C=O) groups excluding carboxylic acids is 2. The molecule has 4 aromatic carbocycles. The van der Waals surface area contributed by atoms with Crippen molar-refractivity contribution in [1.82, 2.24) is 14.5 Å². The summed E-state index contributed by atoms with van der Waals surface area (Å²) in [5.74, 6) is 2.03. The Bertz CT molecular complexity index is 1920. The number of anilines is 1. The Morgan fingerprint density at radius 3 is 2.46 bits per heavy atom. The van der Waals surface area contributed by atoms with Crippen molar-refractivity contribution in [1.29, 1.82) is 0 Å². The van der Waals surface area contributed by atoms with Gasteiger partial charge in [-0.1, -0.05) is 30.3 Å². The molecule has 1 amide bonds. The van der Waals surface area contributed by atoms with Crippen LogP contribution in [0.1, 0.15) is 41.7 Å². The summed E-state index contributed by atoms with van der Waals surface area (Å²) in [6, 6.07) is 30.9. The lowest BCUT2D eigenvalue weighted by Gasteiger charge is -2.41. The Morgan fingerprint density at radius 1 is 0.979 bits per heavy atom. The lowest BCUT2D eigenvalue weighted by molar-refractivity contribution is -0.110. The number of ether oxygens (including phenoxy) is 1. The molecule has 2 atom stereocenters. The van der Waals surface area contributed by atoms with Crippen molar-refractivity contribution in [2.24, 2.45) is 16.5 Å². The topological polar surface area (TPSA) is 132 Å². The van der Waals surface area contributed by atoms with E-state index >= 15 is 0 Å². The Kier molecular flexibility index (Phi) is 9.70. The monoisotopic (exact) mass is 643 g/mol. The van der Waals surface area contributed by atoms with Crippen molar-refractivity contribution < 1.29 is 14.3 Å². The number of piperazine rings is 1. The summed E-state index contributed by atoms with van der Waals surface area (Å²) in [5.41, 5.74) is 16.2. The lowest BCUT2D eigenvalue weighted by atomic mass is 10.1. The van der Waals surface area contributed by atoms with Gasteiger partial charge in [-0.3, -0.25) is 9.79 Å². The molecular formula is C38H41N7O3. The van der Waals surface area contributed by atoms with E-state index in [4.69, 9.17) is 21.2 Å². The third-order valence-corrected chi connectivity index (χ3v) is 8.72. The first-order valence-corrected chi connectivity index (χ1v) is 16.3. The fraction of sp³-hybridized carbons (Fsp3) is 0.263. The molecule has 1 fully saturated rings. The number of amides is 1. The minimum absolute atomic E-state index is 0.0207. The summed E-state index contributed by atoms with van der Waals surface area (Å²) in [7, 11) is 0. The quantitative estimate of drug-likeness (QED) is 0.0787. The minimum Gasteiger partial charge on any atom is -0.457 e. The number of carbonyl (C=O) groups is 2. The van der Waals surface area contributed by atoms with E-state index < -0.39 is 6.04 Å². The molecule has 6 rings (SSSR count). The van der Waals surface area contributed by atoms with Crippen LogP contribution in [0, 0.1) is 6.92 Å². The number of para-hydroxylation sites is 1. The Morgan fingerprint density at radius 2 is 1.75 bits per heavy atom. The van der Waals surface area contributed by atoms with Crippen LogP contribution >= 0.6 is 0 Å². The molecule has 48 heavy (non-hydrogen) atoms.